The number of piperidine rings is 1. The average Bonchev–Trinajstić information content (AvgIpc) is 3.23. The Morgan fingerprint density at radius 3 is 2.75 bits per heavy atom. The zero-order valence-electron chi connectivity index (χ0n) is 20.4. The Morgan fingerprint density at radius 1 is 1.14 bits per heavy atom. The number of hydrogen-bond acceptors (Lipinski definition) is 4. The fourth-order valence-electron chi connectivity index (χ4n) is 5.68. The number of likely N-dealkylation sites (tertiary alicyclic amines) is 1. The molecule has 1 aliphatic carbocycles. The van der Waals surface area contributed by atoms with Crippen LogP contribution in [0.2, 0.25) is 0 Å². The number of aromatic nitrogens is 2. The number of para-hydroxylation sites is 1. The molecular weight excluding hydrogens is 475 g/mol. The van der Waals surface area contributed by atoms with E-state index in [1.54, 1.807) is 12.1 Å². The van der Waals surface area contributed by atoms with Crippen LogP contribution < -0.4 is 5.32 Å². The Labute approximate surface area is 212 Å². The zero-order chi connectivity index (χ0) is 25.1. The number of halogens is 1. The van der Waals surface area contributed by atoms with Gasteiger partial charge in [-0.3, -0.25) is 9.59 Å². The molecule has 0 unspecified atom stereocenters. The van der Waals surface area contributed by atoms with Gasteiger partial charge in [0.15, 0.2) is 0 Å². The van der Waals surface area contributed by atoms with Gasteiger partial charge < -0.3 is 14.8 Å². The molecule has 1 aliphatic heterocycles. The molecule has 1 saturated carbocycles. The van der Waals surface area contributed by atoms with Crippen LogP contribution in [0, 0.1) is 25.6 Å². The lowest BCUT2D eigenvalue weighted by atomic mass is 10.1. The van der Waals surface area contributed by atoms with Crippen molar-refractivity contribution >= 4 is 34.1 Å². The van der Waals surface area contributed by atoms with Gasteiger partial charge in [-0.2, -0.15) is 0 Å². The predicted molar refractivity (Wildman–Crippen MR) is 139 cm³/mol. The van der Waals surface area contributed by atoms with Crippen molar-refractivity contribution in [2.24, 2.45) is 13.0 Å². The Hall–Kier alpha value is -3.52. The topological polar surface area (TPSA) is 67.2 Å². The number of fused-ring (bicyclic) bond motifs is 2. The highest BCUT2D eigenvalue weighted by molar-refractivity contribution is 7.15. The molecule has 1 N–H and O–H groups in total. The summed E-state index contributed by atoms with van der Waals surface area (Å²) in [7, 11) is 1.96. The summed E-state index contributed by atoms with van der Waals surface area (Å²) in [5.41, 5.74) is 3.64. The molecule has 2 fully saturated rings. The Balaban J connectivity index is 1.25. The molecule has 2 amide bonds. The molecule has 3 atom stereocenters. The molecule has 0 bridgehead atoms. The number of hydrogen-bond donors (Lipinski definition) is 1. The van der Waals surface area contributed by atoms with Crippen molar-refractivity contribution in [2.75, 3.05) is 6.54 Å². The van der Waals surface area contributed by atoms with Gasteiger partial charge in [0, 0.05) is 36.2 Å². The lowest BCUT2D eigenvalue weighted by Crippen LogP contribution is -2.45. The number of rotatable bonds is 5. The lowest BCUT2D eigenvalue weighted by molar-refractivity contribution is 0.0684. The van der Waals surface area contributed by atoms with Gasteiger partial charge in [0.05, 0.1) is 21.5 Å². The first kappa shape index (κ1) is 22.9. The van der Waals surface area contributed by atoms with Crippen LogP contribution in [0.15, 0.2) is 48.5 Å². The van der Waals surface area contributed by atoms with Crippen LogP contribution in [-0.2, 0) is 7.05 Å². The molecule has 0 radical (unpaired) electrons. The number of nitrogens with one attached hydrogen (secondary N) is 1. The lowest BCUT2D eigenvalue weighted by Gasteiger charge is -2.27. The number of benzene rings is 2. The van der Waals surface area contributed by atoms with Crippen molar-refractivity contribution in [3.63, 3.8) is 0 Å². The first-order valence-electron chi connectivity index (χ1n) is 12.2. The molecule has 1 saturated heterocycles. The van der Waals surface area contributed by atoms with Gasteiger partial charge in [-0.15, -0.1) is 11.3 Å². The zero-order valence-corrected chi connectivity index (χ0v) is 21.2. The van der Waals surface area contributed by atoms with Crippen molar-refractivity contribution in [3.8, 4) is 10.4 Å². The van der Waals surface area contributed by atoms with Gasteiger partial charge in [0.25, 0.3) is 11.8 Å². The third kappa shape index (κ3) is 3.71. The fraction of sp³-hybridized carbons (Fsp3) is 0.321. The van der Waals surface area contributed by atoms with Crippen LogP contribution in [0.4, 0.5) is 4.39 Å². The van der Waals surface area contributed by atoms with E-state index in [0.29, 0.717) is 34.2 Å². The number of carbonyl (C=O) groups is 2. The van der Waals surface area contributed by atoms with Crippen LogP contribution in [0.25, 0.3) is 21.3 Å². The number of amides is 2. The standard InChI is InChI=1S/C28H27FN4O2S/c1-15-24(21-9-4-5-10-22(21)32(15)3)27(34)30-14-20-12-18-13-23(18)33(20)28(35)25-26(36-16(2)31-25)17-7-6-8-19(29)11-17/h4-11,18,20,23H,12-14H2,1-3H3,(H,30,34)/t18-,20+,23+/m1/s1. The maximum absolute atomic E-state index is 13.9. The molecule has 2 aromatic carbocycles. The van der Waals surface area contributed by atoms with E-state index >= 15 is 0 Å². The van der Waals surface area contributed by atoms with Gasteiger partial charge in [-0.25, -0.2) is 9.37 Å². The quantitative estimate of drug-likeness (QED) is 0.413. The summed E-state index contributed by atoms with van der Waals surface area (Å²) in [5, 5.41) is 4.80. The first-order valence-corrected chi connectivity index (χ1v) is 13.0. The van der Waals surface area contributed by atoms with Crippen LogP contribution in [-0.4, -0.2) is 44.9 Å². The van der Waals surface area contributed by atoms with E-state index in [4.69, 9.17) is 0 Å². The third-order valence-electron chi connectivity index (χ3n) is 7.59. The number of nitrogens with zero attached hydrogens (tertiary/aromatic N) is 3. The SMILES string of the molecule is Cc1nc(C(=O)N2[C@H](CNC(=O)c3c(C)n(C)c4ccccc34)C[C@@H]3C[C@@H]32)c(-c2cccc(F)c2)s1. The minimum atomic E-state index is -0.343. The first-order chi connectivity index (χ1) is 17.3. The van der Waals surface area contributed by atoms with Gasteiger partial charge in [-0.1, -0.05) is 30.3 Å². The average molecular weight is 503 g/mol. The second-order valence-electron chi connectivity index (χ2n) is 9.83. The maximum Gasteiger partial charge on any atom is 0.274 e. The molecule has 3 heterocycles. The van der Waals surface area contributed by atoms with Gasteiger partial charge in [0.1, 0.15) is 11.5 Å². The van der Waals surface area contributed by atoms with E-state index in [1.807, 2.05) is 54.6 Å². The largest absolute Gasteiger partial charge is 0.350 e. The van der Waals surface area contributed by atoms with Crippen molar-refractivity contribution in [1.29, 1.82) is 0 Å². The highest BCUT2D eigenvalue weighted by Gasteiger charge is 2.54. The maximum atomic E-state index is 13.9. The molecule has 184 valence electrons. The molecule has 6 rings (SSSR count). The molecule has 8 heteroatoms. The summed E-state index contributed by atoms with van der Waals surface area (Å²) >= 11 is 1.40. The van der Waals surface area contributed by atoms with Crippen LogP contribution in [0.1, 0.15) is 44.4 Å². The second kappa shape index (κ2) is 8.55. The summed E-state index contributed by atoms with van der Waals surface area (Å²) in [4.78, 5) is 34.2. The Bertz CT molecular complexity index is 1520. The summed E-state index contributed by atoms with van der Waals surface area (Å²) in [5.74, 6) is -0.136. The summed E-state index contributed by atoms with van der Waals surface area (Å²) < 4.78 is 15.9. The monoisotopic (exact) mass is 502 g/mol. The van der Waals surface area contributed by atoms with Crippen molar-refractivity contribution in [1.82, 2.24) is 19.8 Å². The number of thiazole rings is 1. The van der Waals surface area contributed by atoms with Gasteiger partial charge in [0.2, 0.25) is 0 Å². The molecule has 0 spiro atoms. The van der Waals surface area contributed by atoms with Crippen LogP contribution in [0.3, 0.4) is 0 Å². The third-order valence-corrected chi connectivity index (χ3v) is 8.61. The highest BCUT2D eigenvalue weighted by Crippen LogP contribution is 2.49. The van der Waals surface area contributed by atoms with Crippen LogP contribution >= 0.6 is 11.3 Å². The molecule has 2 aromatic heterocycles. The smallest absolute Gasteiger partial charge is 0.274 e. The van der Waals surface area contributed by atoms with E-state index in [9.17, 15) is 14.0 Å². The minimum Gasteiger partial charge on any atom is -0.350 e. The minimum absolute atomic E-state index is 0.0946. The van der Waals surface area contributed by atoms with E-state index in [0.717, 1.165) is 34.4 Å². The fourth-order valence-corrected chi connectivity index (χ4v) is 6.59. The van der Waals surface area contributed by atoms with E-state index < -0.39 is 0 Å². The van der Waals surface area contributed by atoms with E-state index in [2.05, 4.69) is 10.3 Å². The van der Waals surface area contributed by atoms with Gasteiger partial charge >= 0.3 is 0 Å². The normalized spacial score (nSPS) is 20.6. The van der Waals surface area contributed by atoms with E-state index in [-0.39, 0.29) is 29.7 Å². The predicted octanol–water partition coefficient (Wildman–Crippen LogP) is 5.09. The van der Waals surface area contributed by atoms with Gasteiger partial charge in [-0.05, 0) is 56.4 Å². The van der Waals surface area contributed by atoms with Crippen molar-refractivity contribution in [3.05, 3.63) is 76.3 Å². The van der Waals surface area contributed by atoms with Crippen molar-refractivity contribution < 1.29 is 14.0 Å². The molecular formula is C28H27FN4O2S. The number of aryl methyl sites for hydroxylation is 2. The Morgan fingerprint density at radius 2 is 1.94 bits per heavy atom. The number of carbonyl (C=O) groups excluding carboxylic acids is 2. The molecule has 6 nitrogen and oxygen atoms in total. The summed E-state index contributed by atoms with van der Waals surface area (Å²) in [6.07, 6.45) is 1.85. The van der Waals surface area contributed by atoms with Crippen molar-refractivity contribution in [2.45, 2.75) is 38.8 Å². The molecule has 36 heavy (non-hydrogen) atoms. The van der Waals surface area contributed by atoms with Crippen LogP contribution in [0.5, 0.6) is 0 Å². The second-order valence-corrected chi connectivity index (χ2v) is 11.0. The summed E-state index contributed by atoms with van der Waals surface area (Å²) in [6.45, 7) is 4.20. The highest BCUT2D eigenvalue weighted by atomic mass is 32.1. The Kier molecular flexibility index (Phi) is 5.44. The van der Waals surface area contributed by atoms with E-state index in [1.165, 1.54) is 23.5 Å². The molecule has 4 aromatic rings. The molecule has 2 aliphatic rings. The summed E-state index contributed by atoms with van der Waals surface area (Å²) in [6, 6.07) is 14.3.